The molecular weight excluding hydrogens is 607 g/mol. The fraction of sp³-hybridized carbons (Fsp3) is 0.0690. The Kier molecular flexibility index (Phi) is 8.37. The van der Waals surface area contributed by atoms with Crippen LogP contribution < -0.4 is 10.1 Å². The van der Waals surface area contributed by atoms with Crippen molar-refractivity contribution in [3.05, 3.63) is 127 Å². The summed E-state index contributed by atoms with van der Waals surface area (Å²) < 4.78 is 31.9. The Morgan fingerprint density at radius 3 is 2.39 bits per heavy atom. The lowest BCUT2D eigenvalue weighted by Gasteiger charge is -2.19. The molecule has 0 spiro atoms. The van der Waals surface area contributed by atoms with Gasteiger partial charge in [-0.05, 0) is 53.6 Å². The maximum absolute atomic E-state index is 13.1. The summed E-state index contributed by atoms with van der Waals surface area (Å²) >= 11 is 13.4. The molecule has 0 radical (unpaired) electrons. The molecule has 1 aliphatic heterocycles. The summed E-state index contributed by atoms with van der Waals surface area (Å²) in [6, 6.07) is 22.9. The third-order valence-corrected chi connectivity index (χ3v) is 9.56. The number of ether oxygens (including phenoxy) is 1. The summed E-state index contributed by atoms with van der Waals surface area (Å²) in [5.74, 6) is -0.766. The minimum absolute atomic E-state index is 0.00211. The number of nitrogens with zero attached hydrogens (tertiary/aromatic N) is 1. The number of sulfone groups is 1. The zero-order chi connectivity index (χ0) is 29.1. The summed E-state index contributed by atoms with van der Waals surface area (Å²) in [6.45, 7) is 0.167. The lowest BCUT2D eigenvalue weighted by atomic mass is 10.1. The van der Waals surface area contributed by atoms with Crippen molar-refractivity contribution < 1.29 is 22.9 Å². The highest BCUT2D eigenvalue weighted by molar-refractivity contribution is 8.04. The third-order valence-electron chi connectivity index (χ3n) is 6.11. The first-order chi connectivity index (χ1) is 19.6. The van der Waals surface area contributed by atoms with E-state index < -0.39 is 26.4 Å². The van der Waals surface area contributed by atoms with Crippen LogP contribution in [0.25, 0.3) is 6.08 Å². The number of thioether (sulfide) groups is 1. The van der Waals surface area contributed by atoms with Crippen LogP contribution in [0.1, 0.15) is 16.7 Å². The number of carbonyl (C=O) groups is 1. The molecule has 1 N–H and O–H groups in total. The lowest BCUT2D eigenvalue weighted by Crippen LogP contribution is -2.18. The Morgan fingerprint density at radius 1 is 0.951 bits per heavy atom. The number of hydrogen-bond donors (Lipinski definition) is 1. The average molecular weight is 628 g/mol. The first-order valence-corrected chi connectivity index (χ1v) is 15.3. The molecular formula is C29H20Cl2N2O6S2. The minimum Gasteiger partial charge on any atom is -0.482 e. The van der Waals surface area contributed by atoms with Crippen LogP contribution in [0.15, 0.2) is 99.6 Å². The Hall–Kier alpha value is -3.83. The summed E-state index contributed by atoms with van der Waals surface area (Å²) in [4.78, 5) is 25.0. The van der Waals surface area contributed by atoms with Gasteiger partial charge in [0.05, 0.1) is 26.2 Å². The number of amides is 1. The summed E-state index contributed by atoms with van der Waals surface area (Å²) in [5.41, 5.74) is 1.69. The van der Waals surface area contributed by atoms with Crippen molar-refractivity contribution >= 4 is 68.2 Å². The molecule has 4 aromatic carbocycles. The predicted octanol–water partition coefficient (Wildman–Crippen LogP) is 7.54. The molecule has 0 fully saturated rings. The molecule has 0 saturated heterocycles. The molecule has 1 amide bonds. The fourth-order valence-electron chi connectivity index (χ4n) is 4.05. The molecule has 5 rings (SSSR count). The van der Waals surface area contributed by atoms with E-state index in [-0.39, 0.29) is 37.9 Å². The number of nitrogens with one attached hydrogen (secondary N) is 1. The summed E-state index contributed by atoms with van der Waals surface area (Å²) in [6.07, 6.45) is 1.53. The number of halogens is 2. The highest BCUT2D eigenvalue weighted by Gasteiger charge is 2.26. The zero-order valence-electron chi connectivity index (χ0n) is 21.0. The molecule has 4 aromatic rings. The Bertz CT molecular complexity index is 1790. The van der Waals surface area contributed by atoms with Crippen LogP contribution in [-0.4, -0.2) is 19.2 Å². The number of rotatable bonds is 8. The highest BCUT2D eigenvalue weighted by atomic mass is 35.5. The van der Waals surface area contributed by atoms with Gasteiger partial charge in [0.25, 0.3) is 5.91 Å². The smallest absolute Gasteiger partial charge is 0.311 e. The topological polar surface area (TPSA) is 116 Å². The number of hydrogen-bond acceptors (Lipinski definition) is 7. The van der Waals surface area contributed by atoms with Gasteiger partial charge >= 0.3 is 5.69 Å². The van der Waals surface area contributed by atoms with E-state index in [2.05, 4.69) is 5.32 Å². The number of anilines is 1. The van der Waals surface area contributed by atoms with Crippen molar-refractivity contribution in [1.82, 2.24) is 0 Å². The van der Waals surface area contributed by atoms with Crippen molar-refractivity contribution in [2.75, 3.05) is 5.32 Å². The maximum atomic E-state index is 13.1. The van der Waals surface area contributed by atoms with Gasteiger partial charge < -0.3 is 10.1 Å². The summed E-state index contributed by atoms with van der Waals surface area (Å²) in [7, 11) is -3.83. The van der Waals surface area contributed by atoms with Crippen LogP contribution in [0.2, 0.25) is 10.0 Å². The molecule has 0 aromatic heterocycles. The molecule has 41 heavy (non-hydrogen) atoms. The van der Waals surface area contributed by atoms with Crippen molar-refractivity contribution in [2.45, 2.75) is 22.2 Å². The zero-order valence-corrected chi connectivity index (χ0v) is 24.2. The van der Waals surface area contributed by atoms with Gasteiger partial charge in [0.2, 0.25) is 0 Å². The molecule has 0 bridgehead atoms. The molecule has 8 nitrogen and oxygen atoms in total. The molecule has 12 heteroatoms. The minimum atomic E-state index is -3.83. The number of nitro groups is 1. The van der Waals surface area contributed by atoms with E-state index in [4.69, 9.17) is 27.9 Å². The Morgan fingerprint density at radius 2 is 1.68 bits per heavy atom. The van der Waals surface area contributed by atoms with Gasteiger partial charge in [-0.3, -0.25) is 14.9 Å². The third kappa shape index (κ3) is 6.57. The Balaban J connectivity index is 1.36. The number of fused-ring (bicyclic) bond motifs is 1. The van der Waals surface area contributed by atoms with Crippen LogP contribution in [0.5, 0.6) is 5.75 Å². The van der Waals surface area contributed by atoms with Crippen molar-refractivity contribution in [1.29, 1.82) is 0 Å². The highest BCUT2D eigenvalue weighted by Crippen LogP contribution is 2.41. The second kappa shape index (κ2) is 12.0. The van der Waals surface area contributed by atoms with E-state index >= 15 is 0 Å². The average Bonchev–Trinajstić information content (AvgIpc) is 2.95. The molecule has 1 heterocycles. The van der Waals surface area contributed by atoms with Crippen LogP contribution in [0, 0.1) is 10.1 Å². The normalized spacial score (nSPS) is 13.9. The van der Waals surface area contributed by atoms with E-state index in [9.17, 15) is 23.3 Å². The van der Waals surface area contributed by atoms with Crippen LogP contribution >= 0.6 is 35.0 Å². The quantitative estimate of drug-likeness (QED) is 0.122. The number of benzene rings is 4. The van der Waals surface area contributed by atoms with Gasteiger partial charge in [0.1, 0.15) is 6.61 Å². The monoisotopic (exact) mass is 626 g/mol. The fourth-order valence-corrected chi connectivity index (χ4v) is 7.10. The Labute approximate surface area is 250 Å². The van der Waals surface area contributed by atoms with Gasteiger partial charge in [-0.25, -0.2) is 8.42 Å². The second-order valence-electron chi connectivity index (χ2n) is 8.94. The molecule has 1 aliphatic rings. The number of carbonyl (C=O) groups excluding carboxylic acids is 1. The van der Waals surface area contributed by atoms with Crippen molar-refractivity contribution in [3.8, 4) is 5.75 Å². The first kappa shape index (κ1) is 28.7. The first-order valence-electron chi connectivity index (χ1n) is 12.1. The van der Waals surface area contributed by atoms with Gasteiger partial charge in [0, 0.05) is 26.6 Å². The maximum Gasteiger partial charge on any atom is 0.311 e. The van der Waals surface area contributed by atoms with Gasteiger partial charge in [-0.15, -0.1) is 0 Å². The van der Waals surface area contributed by atoms with Crippen LogP contribution in [0.3, 0.4) is 0 Å². The lowest BCUT2D eigenvalue weighted by molar-refractivity contribution is -0.386. The van der Waals surface area contributed by atoms with E-state index in [0.717, 1.165) is 17.3 Å². The molecule has 0 unspecified atom stereocenters. The van der Waals surface area contributed by atoms with E-state index in [1.165, 1.54) is 30.3 Å². The standard InChI is InChI=1S/C29H20Cl2N2O6S2/c30-22-7-4-8-23(31)21(22)17-41(37,38)20-10-12-27-24(15-20)32-29(34)28(40-27)14-19-9-11-26(25(13-19)33(35)36)39-16-18-5-2-1-3-6-18/h1-15H,16-17H2,(H,32,34)/b28-14+. The van der Waals surface area contributed by atoms with Gasteiger partial charge in [-0.2, -0.15) is 0 Å². The van der Waals surface area contributed by atoms with Gasteiger partial charge in [0.15, 0.2) is 15.6 Å². The van der Waals surface area contributed by atoms with Gasteiger partial charge in [-0.1, -0.05) is 77.4 Å². The van der Waals surface area contributed by atoms with E-state index in [1.807, 2.05) is 30.3 Å². The van der Waals surface area contributed by atoms with Crippen molar-refractivity contribution in [2.24, 2.45) is 0 Å². The van der Waals surface area contributed by atoms with E-state index in [0.29, 0.717) is 21.7 Å². The second-order valence-corrected chi connectivity index (χ2v) is 12.8. The van der Waals surface area contributed by atoms with Crippen LogP contribution in [0.4, 0.5) is 11.4 Å². The summed E-state index contributed by atoms with van der Waals surface area (Å²) in [5, 5.41) is 14.9. The molecule has 0 saturated carbocycles. The SMILES string of the molecule is O=C1Nc2cc(S(=O)(=O)Cc3c(Cl)cccc3Cl)ccc2S/C1=C/c1ccc(OCc2ccccc2)c([N+](=O)[O-])c1. The van der Waals surface area contributed by atoms with Crippen LogP contribution in [-0.2, 0) is 27.0 Å². The van der Waals surface area contributed by atoms with Crippen molar-refractivity contribution in [3.63, 3.8) is 0 Å². The largest absolute Gasteiger partial charge is 0.482 e. The van der Waals surface area contributed by atoms with E-state index in [1.54, 1.807) is 30.3 Å². The molecule has 0 atom stereocenters. The molecule has 0 aliphatic carbocycles. The predicted molar refractivity (Wildman–Crippen MR) is 160 cm³/mol. The number of nitro benzene ring substituents is 1. The molecule has 208 valence electrons.